The number of H-pyrrole nitrogens is 1. The topological polar surface area (TPSA) is 85.5 Å². The number of hydrogen-bond acceptors (Lipinski definition) is 4. The van der Waals surface area contributed by atoms with Gasteiger partial charge in [0.05, 0.1) is 12.8 Å². The first kappa shape index (κ1) is 20.4. The lowest BCUT2D eigenvalue weighted by Gasteiger charge is -2.20. The Hall–Kier alpha value is -1.90. The summed E-state index contributed by atoms with van der Waals surface area (Å²) in [6, 6.07) is 8.00. The summed E-state index contributed by atoms with van der Waals surface area (Å²) in [7, 11) is 0.459. The minimum absolute atomic E-state index is 0.139. The van der Waals surface area contributed by atoms with E-state index in [2.05, 4.69) is 10.3 Å². The normalized spacial score (nSPS) is 12.2. The maximum atomic E-state index is 12.2. The van der Waals surface area contributed by atoms with Gasteiger partial charge in [0.25, 0.3) is 0 Å². The number of sulfonamides is 1. The predicted molar refractivity (Wildman–Crippen MR) is 105 cm³/mol. The average molecular weight is 381 g/mol. The molecule has 1 aromatic carbocycles. The van der Waals surface area contributed by atoms with Crippen LogP contribution >= 0.6 is 0 Å². The number of aromatic nitrogens is 1. The predicted octanol–water partition coefficient (Wildman–Crippen LogP) is 1.04. The summed E-state index contributed by atoms with van der Waals surface area (Å²) in [5.41, 5.74) is 2.20. The lowest BCUT2D eigenvalue weighted by atomic mass is 10.1. The molecule has 0 aliphatic rings. The first-order valence-electron chi connectivity index (χ1n) is 8.69. The molecule has 0 fully saturated rings. The molecule has 0 aliphatic carbocycles. The molecule has 8 heteroatoms. The van der Waals surface area contributed by atoms with E-state index in [0.29, 0.717) is 25.9 Å². The molecule has 0 bridgehead atoms. The molecule has 7 nitrogen and oxygen atoms in total. The number of para-hydroxylation sites is 1. The minimum atomic E-state index is -3.41. The molecule has 2 rings (SSSR count). The number of hydrogen-bond donors (Lipinski definition) is 2. The highest BCUT2D eigenvalue weighted by atomic mass is 32.2. The van der Waals surface area contributed by atoms with Crippen LogP contribution in [0.1, 0.15) is 12.0 Å². The van der Waals surface area contributed by atoms with Crippen LogP contribution in [0.5, 0.6) is 0 Å². The third-order valence-electron chi connectivity index (χ3n) is 4.19. The number of nitrogens with one attached hydrogen (secondary N) is 2. The smallest absolute Gasteiger partial charge is 0.235 e. The zero-order chi connectivity index (χ0) is 19.2. The van der Waals surface area contributed by atoms with Crippen LogP contribution < -0.4 is 5.32 Å². The monoisotopic (exact) mass is 380 g/mol. The van der Waals surface area contributed by atoms with Crippen LogP contribution in [0.3, 0.4) is 0 Å². The van der Waals surface area contributed by atoms with Crippen molar-refractivity contribution in [1.82, 2.24) is 19.5 Å². The van der Waals surface area contributed by atoms with E-state index < -0.39 is 10.0 Å². The Morgan fingerprint density at radius 1 is 1.19 bits per heavy atom. The highest BCUT2D eigenvalue weighted by molar-refractivity contribution is 7.88. The maximum absolute atomic E-state index is 12.2. The second kappa shape index (κ2) is 9.16. The van der Waals surface area contributed by atoms with Gasteiger partial charge in [0.2, 0.25) is 15.9 Å². The lowest BCUT2D eigenvalue weighted by Crippen LogP contribution is -2.41. The van der Waals surface area contributed by atoms with E-state index >= 15 is 0 Å². The fourth-order valence-electron chi connectivity index (χ4n) is 2.82. The van der Waals surface area contributed by atoms with E-state index in [-0.39, 0.29) is 12.5 Å². The number of carbonyl (C=O) groups is 1. The molecule has 144 valence electrons. The van der Waals surface area contributed by atoms with Gasteiger partial charge in [0.1, 0.15) is 0 Å². The molecule has 0 unspecified atom stereocenters. The van der Waals surface area contributed by atoms with E-state index in [4.69, 9.17) is 0 Å². The Kier molecular flexibility index (Phi) is 7.19. The Balaban J connectivity index is 1.83. The van der Waals surface area contributed by atoms with Crippen molar-refractivity contribution in [1.29, 1.82) is 0 Å². The van der Waals surface area contributed by atoms with Crippen LogP contribution in [0.15, 0.2) is 30.5 Å². The minimum Gasteiger partial charge on any atom is -0.361 e. The number of benzene rings is 1. The van der Waals surface area contributed by atoms with Crippen molar-refractivity contribution >= 4 is 26.8 Å². The van der Waals surface area contributed by atoms with Crippen molar-refractivity contribution in [2.45, 2.75) is 12.8 Å². The van der Waals surface area contributed by atoms with Crippen LogP contribution in [0.2, 0.25) is 0 Å². The highest BCUT2D eigenvalue weighted by Gasteiger charge is 2.19. The summed E-state index contributed by atoms with van der Waals surface area (Å²) in [6.45, 7) is 1.44. The van der Waals surface area contributed by atoms with Gasteiger partial charge < -0.3 is 15.2 Å². The summed E-state index contributed by atoms with van der Waals surface area (Å²) in [6.07, 6.45) is 4.46. The van der Waals surface area contributed by atoms with Gasteiger partial charge in [-0.05, 0) is 45.1 Å². The van der Waals surface area contributed by atoms with Crippen molar-refractivity contribution in [2.24, 2.45) is 0 Å². The molecule has 0 spiro atoms. The van der Waals surface area contributed by atoms with E-state index in [9.17, 15) is 13.2 Å². The SMILES string of the molecule is CN(C)CCCN(CC(=O)NCCc1c[nH]c2ccccc12)S(C)(=O)=O. The van der Waals surface area contributed by atoms with Crippen molar-refractivity contribution in [3.8, 4) is 0 Å². The molecule has 2 aromatic rings. The second-order valence-electron chi connectivity index (χ2n) is 6.71. The second-order valence-corrected chi connectivity index (χ2v) is 8.70. The number of aromatic amines is 1. The van der Waals surface area contributed by atoms with Gasteiger partial charge >= 0.3 is 0 Å². The van der Waals surface area contributed by atoms with Crippen molar-refractivity contribution in [3.05, 3.63) is 36.0 Å². The Bertz CT molecular complexity index is 830. The van der Waals surface area contributed by atoms with Crippen molar-refractivity contribution in [2.75, 3.05) is 46.5 Å². The molecule has 1 amide bonds. The molecule has 0 atom stereocenters. The number of rotatable bonds is 10. The third-order valence-corrected chi connectivity index (χ3v) is 5.44. The first-order valence-corrected chi connectivity index (χ1v) is 10.5. The fraction of sp³-hybridized carbons (Fsp3) is 0.500. The van der Waals surface area contributed by atoms with Gasteiger partial charge in [-0.3, -0.25) is 4.79 Å². The zero-order valence-electron chi connectivity index (χ0n) is 15.7. The molecular weight excluding hydrogens is 352 g/mol. The number of carbonyl (C=O) groups excluding carboxylic acids is 1. The van der Waals surface area contributed by atoms with Crippen LogP contribution in [-0.4, -0.2) is 75.0 Å². The van der Waals surface area contributed by atoms with Crippen molar-refractivity contribution < 1.29 is 13.2 Å². The van der Waals surface area contributed by atoms with Crippen LogP contribution in [-0.2, 0) is 21.2 Å². The highest BCUT2D eigenvalue weighted by Crippen LogP contribution is 2.17. The molecule has 0 saturated carbocycles. The van der Waals surface area contributed by atoms with E-state index in [1.54, 1.807) is 0 Å². The Labute approximate surface area is 155 Å². The summed E-state index contributed by atoms with van der Waals surface area (Å²) >= 11 is 0. The Morgan fingerprint density at radius 3 is 2.62 bits per heavy atom. The maximum Gasteiger partial charge on any atom is 0.235 e. The third kappa shape index (κ3) is 6.12. The fourth-order valence-corrected chi connectivity index (χ4v) is 3.63. The van der Waals surface area contributed by atoms with Gasteiger partial charge in [-0.25, -0.2) is 8.42 Å². The van der Waals surface area contributed by atoms with Crippen LogP contribution in [0.4, 0.5) is 0 Å². The van der Waals surface area contributed by atoms with Gasteiger partial charge in [0.15, 0.2) is 0 Å². The quantitative estimate of drug-likeness (QED) is 0.645. The summed E-state index contributed by atoms with van der Waals surface area (Å²) in [5.74, 6) is -0.278. The van der Waals surface area contributed by atoms with E-state index in [1.807, 2.05) is 49.5 Å². The zero-order valence-corrected chi connectivity index (χ0v) is 16.5. The van der Waals surface area contributed by atoms with Gasteiger partial charge in [-0.15, -0.1) is 0 Å². The van der Waals surface area contributed by atoms with Gasteiger partial charge in [0, 0.05) is 30.2 Å². The van der Waals surface area contributed by atoms with Crippen LogP contribution in [0, 0.1) is 0 Å². The molecule has 0 radical (unpaired) electrons. The Morgan fingerprint density at radius 2 is 1.92 bits per heavy atom. The molecule has 0 aliphatic heterocycles. The average Bonchev–Trinajstić information content (AvgIpc) is 2.96. The number of fused-ring (bicyclic) bond motifs is 1. The van der Waals surface area contributed by atoms with E-state index in [0.717, 1.165) is 29.3 Å². The molecule has 2 N–H and O–H groups in total. The summed E-state index contributed by atoms with van der Waals surface area (Å²) < 4.78 is 25.0. The molecule has 1 aromatic heterocycles. The van der Waals surface area contributed by atoms with Crippen molar-refractivity contribution in [3.63, 3.8) is 0 Å². The molecule has 0 saturated heterocycles. The number of amides is 1. The summed E-state index contributed by atoms with van der Waals surface area (Å²) in [5, 5.41) is 3.96. The summed E-state index contributed by atoms with van der Waals surface area (Å²) in [4.78, 5) is 17.3. The molecule has 26 heavy (non-hydrogen) atoms. The van der Waals surface area contributed by atoms with Crippen LogP contribution in [0.25, 0.3) is 10.9 Å². The van der Waals surface area contributed by atoms with Gasteiger partial charge in [-0.2, -0.15) is 4.31 Å². The standard InChI is InChI=1S/C18H28N4O3S/c1-21(2)11-6-12-22(26(3,24)25)14-18(23)19-10-9-15-13-20-17-8-5-4-7-16(15)17/h4-5,7-8,13,20H,6,9-12,14H2,1-3H3,(H,19,23). The first-order chi connectivity index (χ1) is 12.3. The molecular formula is C18H28N4O3S. The van der Waals surface area contributed by atoms with Gasteiger partial charge in [-0.1, -0.05) is 18.2 Å². The lowest BCUT2D eigenvalue weighted by molar-refractivity contribution is -0.121. The number of nitrogens with zero attached hydrogens (tertiary/aromatic N) is 2. The largest absolute Gasteiger partial charge is 0.361 e. The van der Waals surface area contributed by atoms with E-state index in [1.165, 1.54) is 4.31 Å². The molecule has 1 heterocycles.